The molecule has 0 aliphatic heterocycles. The highest BCUT2D eigenvalue weighted by Crippen LogP contribution is 2.17. The Hall–Kier alpha value is -2.02. The van der Waals surface area contributed by atoms with Crippen LogP contribution < -0.4 is 11.1 Å². The second-order valence-electron chi connectivity index (χ2n) is 4.73. The van der Waals surface area contributed by atoms with Gasteiger partial charge in [0, 0.05) is 19.0 Å². The molecule has 0 spiro atoms. The number of nitrogens with one attached hydrogen (secondary N) is 1. The molecular formula is C14H19F2N3O2. The lowest BCUT2D eigenvalue weighted by molar-refractivity contribution is -0.134. The Balaban J connectivity index is 2.69. The molecule has 1 rings (SSSR count). The number of halogens is 2. The lowest BCUT2D eigenvalue weighted by Crippen LogP contribution is -2.40. The average Bonchev–Trinajstić information content (AvgIpc) is 2.39. The van der Waals surface area contributed by atoms with E-state index in [1.165, 1.54) is 11.0 Å². The lowest BCUT2D eigenvalue weighted by atomic mass is 10.2. The van der Waals surface area contributed by atoms with Gasteiger partial charge in [-0.05, 0) is 26.0 Å². The number of anilines is 1. The molecule has 1 unspecified atom stereocenters. The summed E-state index contributed by atoms with van der Waals surface area (Å²) >= 11 is 0. The maximum Gasteiger partial charge on any atom is 0.244 e. The predicted octanol–water partition coefficient (Wildman–Crippen LogP) is 1.49. The van der Waals surface area contributed by atoms with E-state index in [1.54, 1.807) is 13.8 Å². The Labute approximate surface area is 122 Å². The van der Waals surface area contributed by atoms with Gasteiger partial charge in [0.25, 0.3) is 0 Å². The molecule has 116 valence electrons. The monoisotopic (exact) mass is 299 g/mol. The van der Waals surface area contributed by atoms with Crippen molar-refractivity contribution in [3.63, 3.8) is 0 Å². The van der Waals surface area contributed by atoms with Crippen molar-refractivity contribution >= 4 is 17.5 Å². The smallest absolute Gasteiger partial charge is 0.244 e. The first kappa shape index (κ1) is 17.0. The molecule has 0 fully saturated rings. The van der Waals surface area contributed by atoms with Crippen molar-refractivity contribution < 1.29 is 18.4 Å². The summed E-state index contributed by atoms with van der Waals surface area (Å²) in [7, 11) is 0. The maximum absolute atomic E-state index is 13.4. The molecule has 1 aromatic rings. The number of nitrogens with zero attached hydrogens (tertiary/aromatic N) is 1. The Bertz CT molecular complexity index is 501. The summed E-state index contributed by atoms with van der Waals surface area (Å²) in [6, 6.07) is 2.96. The van der Waals surface area contributed by atoms with Gasteiger partial charge in [-0.3, -0.25) is 9.59 Å². The molecule has 0 saturated heterocycles. The molecule has 0 saturated carbocycles. The Kier molecular flexibility index (Phi) is 6.23. The number of carbonyl (C=O) groups is 2. The van der Waals surface area contributed by atoms with Gasteiger partial charge in [0.2, 0.25) is 11.8 Å². The molecule has 1 aromatic carbocycles. The molecule has 0 bridgehead atoms. The van der Waals surface area contributed by atoms with E-state index < -0.39 is 23.2 Å². The molecular weight excluding hydrogens is 280 g/mol. The Morgan fingerprint density at radius 1 is 1.33 bits per heavy atom. The second kappa shape index (κ2) is 7.68. The van der Waals surface area contributed by atoms with Crippen LogP contribution in [0, 0.1) is 11.6 Å². The van der Waals surface area contributed by atoms with Gasteiger partial charge in [-0.25, -0.2) is 8.78 Å². The highest BCUT2D eigenvalue weighted by molar-refractivity contribution is 5.94. The third kappa shape index (κ3) is 5.11. The summed E-state index contributed by atoms with van der Waals surface area (Å²) in [5.74, 6) is -2.68. The predicted molar refractivity (Wildman–Crippen MR) is 75.5 cm³/mol. The van der Waals surface area contributed by atoms with Crippen molar-refractivity contribution in [1.29, 1.82) is 0 Å². The van der Waals surface area contributed by atoms with Crippen molar-refractivity contribution in [2.45, 2.75) is 26.3 Å². The first-order valence-electron chi connectivity index (χ1n) is 6.62. The first-order chi connectivity index (χ1) is 9.85. The van der Waals surface area contributed by atoms with Gasteiger partial charge in [-0.1, -0.05) is 6.07 Å². The zero-order valence-electron chi connectivity index (χ0n) is 12.0. The molecule has 0 aliphatic carbocycles. The van der Waals surface area contributed by atoms with E-state index >= 15 is 0 Å². The normalized spacial score (nSPS) is 11.9. The standard InChI is InChI=1S/C14H19F2N3O2/c1-3-19(13(21)7-9(2)17)8-12(20)18-14-10(15)5-4-6-11(14)16/h4-6,9H,3,7-8,17H2,1-2H3,(H,18,20). The highest BCUT2D eigenvalue weighted by Gasteiger charge is 2.18. The van der Waals surface area contributed by atoms with E-state index in [0.717, 1.165) is 12.1 Å². The Morgan fingerprint density at radius 2 is 1.90 bits per heavy atom. The molecule has 1 atom stereocenters. The van der Waals surface area contributed by atoms with Gasteiger partial charge in [0.1, 0.15) is 17.3 Å². The van der Waals surface area contributed by atoms with E-state index in [-0.39, 0.29) is 24.9 Å². The number of para-hydroxylation sites is 1. The first-order valence-corrected chi connectivity index (χ1v) is 6.62. The van der Waals surface area contributed by atoms with Crippen LogP contribution in [0.3, 0.4) is 0 Å². The van der Waals surface area contributed by atoms with E-state index in [4.69, 9.17) is 5.73 Å². The molecule has 0 aliphatic rings. The van der Waals surface area contributed by atoms with E-state index in [1.807, 2.05) is 0 Å². The zero-order chi connectivity index (χ0) is 16.0. The van der Waals surface area contributed by atoms with Crippen LogP contribution >= 0.6 is 0 Å². The van der Waals surface area contributed by atoms with Crippen LogP contribution in [0.15, 0.2) is 18.2 Å². The van der Waals surface area contributed by atoms with Gasteiger partial charge >= 0.3 is 0 Å². The van der Waals surface area contributed by atoms with Crippen molar-refractivity contribution in [3.8, 4) is 0 Å². The average molecular weight is 299 g/mol. The van der Waals surface area contributed by atoms with E-state index in [9.17, 15) is 18.4 Å². The minimum atomic E-state index is -0.867. The summed E-state index contributed by atoms with van der Waals surface area (Å²) in [5, 5.41) is 2.14. The number of benzene rings is 1. The minimum Gasteiger partial charge on any atom is -0.334 e. The molecule has 0 aromatic heterocycles. The summed E-state index contributed by atoms with van der Waals surface area (Å²) in [6.07, 6.45) is 0.106. The quantitative estimate of drug-likeness (QED) is 0.835. The van der Waals surface area contributed by atoms with Crippen LogP contribution in [0.5, 0.6) is 0 Å². The van der Waals surface area contributed by atoms with Gasteiger partial charge in [0.05, 0.1) is 6.54 Å². The third-order valence-electron chi connectivity index (χ3n) is 2.79. The molecule has 5 nitrogen and oxygen atoms in total. The number of rotatable bonds is 6. The maximum atomic E-state index is 13.4. The van der Waals surface area contributed by atoms with E-state index in [0.29, 0.717) is 6.54 Å². The minimum absolute atomic E-state index is 0.106. The molecule has 3 N–H and O–H groups in total. The van der Waals surface area contributed by atoms with Gasteiger partial charge in [0.15, 0.2) is 0 Å². The molecule has 0 heterocycles. The van der Waals surface area contributed by atoms with Crippen molar-refractivity contribution in [3.05, 3.63) is 29.8 Å². The van der Waals surface area contributed by atoms with Crippen molar-refractivity contribution in [1.82, 2.24) is 4.90 Å². The van der Waals surface area contributed by atoms with Crippen LogP contribution in [0.2, 0.25) is 0 Å². The highest BCUT2D eigenvalue weighted by atomic mass is 19.1. The van der Waals surface area contributed by atoms with Gasteiger partial charge in [-0.2, -0.15) is 0 Å². The van der Waals surface area contributed by atoms with Crippen molar-refractivity contribution in [2.24, 2.45) is 5.73 Å². The molecule has 21 heavy (non-hydrogen) atoms. The number of carbonyl (C=O) groups excluding carboxylic acids is 2. The summed E-state index contributed by atoms with van der Waals surface area (Å²) < 4.78 is 26.8. The van der Waals surface area contributed by atoms with Crippen molar-refractivity contribution in [2.75, 3.05) is 18.4 Å². The number of hydrogen-bond donors (Lipinski definition) is 2. The summed E-state index contributed by atoms with van der Waals surface area (Å²) in [4.78, 5) is 24.9. The number of likely N-dealkylation sites (N-methyl/N-ethyl adjacent to an activating group) is 1. The number of amides is 2. The summed E-state index contributed by atoms with van der Waals surface area (Å²) in [5.41, 5.74) is 5.02. The molecule has 2 amide bonds. The van der Waals surface area contributed by atoms with Crippen LogP contribution in [-0.2, 0) is 9.59 Å². The van der Waals surface area contributed by atoms with Crippen LogP contribution in [0.1, 0.15) is 20.3 Å². The largest absolute Gasteiger partial charge is 0.334 e. The van der Waals surface area contributed by atoms with Crippen LogP contribution in [-0.4, -0.2) is 35.8 Å². The topological polar surface area (TPSA) is 75.4 Å². The summed E-state index contributed by atoms with van der Waals surface area (Å²) in [6.45, 7) is 3.41. The fourth-order valence-corrected chi connectivity index (χ4v) is 1.75. The fraction of sp³-hybridized carbons (Fsp3) is 0.429. The second-order valence-corrected chi connectivity index (χ2v) is 4.73. The van der Waals surface area contributed by atoms with Gasteiger partial charge in [-0.15, -0.1) is 0 Å². The lowest BCUT2D eigenvalue weighted by Gasteiger charge is -2.21. The van der Waals surface area contributed by atoms with E-state index in [2.05, 4.69) is 5.32 Å². The molecule has 0 radical (unpaired) electrons. The molecule has 7 heteroatoms. The fourth-order valence-electron chi connectivity index (χ4n) is 1.75. The number of hydrogen-bond acceptors (Lipinski definition) is 3. The third-order valence-corrected chi connectivity index (χ3v) is 2.79. The van der Waals surface area contributed by atoms with Crippen LogP contribution in [0.25, 0.3) is 0 Å². The Morgan fingerprint density at radius 3 is 2.38 bits per heavy atom. The van der Waals surface area contributed by atoms with Gasteiger partial charge < -0.3 is 16.0 Å². The SMILES string of the molecule is CCN(CC(=O)Nc1c(F)cccc1F)C(=O)CC(C)N. The number of nitrogens with two attached hydrogens (primary N) is 1. The zero-order valence-corrected chi connectivity index (χ0v) is 12.0. The van der Waals surface area contributed by atoms with Crippen LogP contribution in [0.4, 0.5) is 14.5 Å².